The minimum Gasteiger partial charge on any atom is -0.301 e. The summed E-state index contributed by atoms with van der Waals surface area (Å²) >= 11 is 11.7. The lowest BCUT2D eigenvalue weighted by Gasteiger charge is -2.14. The quantitative estimate of drug-likeness (QED) is 0.768. The predicted octanol–water partition coefficient (Wildman–Crippen LogP) is 3.15. The first-order valence-corrected chi connectivity index (χ1v) is 6.08. The van der Waals surface area contributed by atoms with Crippen LogP contribution < -0.4 is 0 Å². The second-order valence-corrected chi connectivity index (χ2v) is 5.27. The van der Waals surface area contributed by atoms with Gasteiger partial charge in [-0.05, 0) is 37.9 Å². The van der Waals surface area contributed by atoms with Gasteiger partial charge >= 0.3 is 0 Å². The van der Waals surface area contributed by atoms with Crippen molar-refractivity contribution in [1.82, 2.24) is 4.90 Å². The number of thiol groups is 1. The van der Waals surface area contributed by atoms with E-state index < -0.39 is 0 Å². The summed E-state index contributed by atoms with van der Waals surface area (Å²) in [6.07, 6.45) is 1.14. The second-order valence-electron chi connectivity index (χ2n) is 3.02. The summed E-state index contributed by atoms with van der Waals surface area (Å²) in [6.45, 7) is 2.09. The molecule has 0 atom stereocenters. The third-order valence-electron chi connectivity index (χ3n) is 1.75. The second kappa shape index (κ2) is 5.91. The van der Waals surface area contributed by atoms with E-state index >= 15 is 0 Å². The maximum absolute atomic E-state index is 5.84. The van der Waals surface area contributed by atoms with E-state index in [-0.39, 0.29) is 0 Å². The molecule has 1 nitrogen and oxygen atoms in total. The first-order valence-electron chi connectivity index (χ1n) is 4.26. The zero-order valence-electron chi connectivity index (χ0n) is 7.66. The summed E-state index contributed by atoms with van der Waals surface area (Å²) in [4.78, 5) is 3.62. The minimum atomic E-state index is 0.873. The van der Waals surface area contributed by atoms with Crippen LogP contribution in [-0.4, -0.2) is 24.2 Å². The molecule has 0 saturated carbocycles. The van der Waals surface area contributed by atoms with Crippen molar-refractivity contribution in [3.63, 3.8) is 0 Å². The zero-order chi connectivity index (χ0) is 9.68. The Morgan fingerprint density at radius 3 is 2.85 bits per heavy atom. The first-order chi connectivity index (χ1) is 6.22. The van der Waals surface area contributed by atoms with Gasteiger partial charge in [-0.15, -0.1) is 11.3 Å². The van der Waals surface area contributed by atoms with Crippen LogP contribution in [0.5, 0.6) is 0 Å². The van der Waals surface area contributed by atoms with Gasteiger partial charge in [-0.1, -0.05) is 11.6 Å². The Balaban J connectivity index is 2.31. The van der Waals surface area contributed by atoms with Crippen LogP contribution in [0.25, 0.3) is 0 Å². The molecule has 0 radical (unpaired) electrons. The van der Waals surface area contributed by atoms with Crippen molar-refractivity contribution in [2.45, 2.75) is 13.0 Å². The highest BCUT2D eigenvalue weighted by Gasteiger charge is 2.01. The highest BCUT2D eigenvalue weighted by Crippen LogP contribution is 2.22. The molecule has 0 spiro atoms. The normalized spacial score (nSPS) is 11.1. The SMILES string of the molecule is CN(CCCS)Cc1ccc(Cl)s1. The Kier molecular flexibility index (Phi) is 5.17. The topological polar surface area (TPSA) is 3.24 Å². The average molecular weight is 236 g/mol. The van der Waals surface area contributed by atoms with Gasteiger partial charge in [-0.25, -0.2) is 0 Å². The molecule has 0 aliphatic heterocycles. The van der Waals surface area contributed by atoms with Crippen LogP contribution in [0.1, 0.15) is 11.3 Å². The molecule has 0 aromatic carbocycles. The van der Waals surface area contributed by atoms with E-state index in [0.29, 0.717) is 0 Å². The molecule has 74 valence electrons. The highest BCUT2D eigenvalue weighted by atomic mass is 35.5. The highest BCUT2D eigenvalue weighted by molar-refractivity contribution is 7.80. The molecule has 0 fully saturated rings. The number of hydrogen-bond acceptors (Lipinski definition) is 3. The molecule has 0 saturated heterocycles. The minimum absolute atomic E-state index is 0.873. The molecular weight excluding hydrogens is 222 g/mol. The summed E-state index contributed by atoms with van der Waals surface area (Å²) in [5.74, 6) is 0.954. The fourth-order valence-corrected chi connectivity index (χ4v) is 2.43. The van der Waals surface area contributed by atoms with Gasteiger partial charge < -0.3 is 4.90 Å². The number of nitrogens with zero attached hydrogens (tertiary/aromatic N) is 1. The lowest BCUT2D eigenvalue weighted by molar-refractivity contribution is 0.331. The molecule has 0 aliphatic carbocycles. The number of thiophene rings is 1. The van der Waals surface area contributed by atoms with E-state index in [1.807, 2.05) is 6.07 Å². The van der Waals surface area contributed by atoms with Crippen LogP contribution in [0.4, 0.5) is 0 Å². The Morgan fingerprint density at radius 2 is 2.31 bits per heavy atom. The molecule has 0 bridgehead atoms. The standard InChI is InChI=1S/C9H14ClNS2/c1-11(5-2-6-12)7-8-3-4-9(10)13-8/h3-4,12H,2,5-7H2,1H3. The summed E-state index contributed by atoms with van der Waals surface area (Å²) in [7, 11) is 2.12. The van der Waals surface area contributed by atoms with Gasteiger partial charge in [0.15, 0.2) is 0 Å². The molecule has 0 unspecified atom stereocenters. The van der Waals surface area contributed by atoms with Crippen LogP contribution in [0.3, 0.4) is 0 Å². The van der Waals surface area contributed by atoms with Crippen LogP contribution in [0.15, 0.2) is 12.1 Å². The Morgan fingerprint density at radius 1 is 1.54 bits per heavy atom. The predicted molar refractivity (Wildman–Crippen MR) is 64.1 cm³/mol. The van der Waals surface area contributed by atoms with Crippen LogP contribution in [0.2, 0.25) is 4.34 Å². The van der Waals surface area contributed by atoms with Crippen molar-refractivity contribution < 1.29 is 0 Å². The molecule has 0 aliphatic rings. The van der Waals surface area contributed by atoms with E-state index in [1.54, 1.807) is 11.3 Å². The van der Waals surface area contributed by atoms with Gasteiger partial charge in [0.05, 0.1) is 4.34 Å². The van der Waals surface area contributed by atoms with Crippen LogP contribution in [-0.2, 0) is 6.54 Å². The smallest absolute Gasteiger partial charge is 0.0931 e. The molecule has 0 N–H and O–H groups in total. The molecule has 0 amide bonds. The number of hydrogen-bond donors (Lipinski definition) is 1. The summed E-state index contributed by atoms with van der Waals surface area (Å²) in [6, 6.07) is 4.04. The maximum Gasteiger partial charge on any atom is 0.0931 e. The largest absolute Gasteiger partial charge is 0.301 e. The third kappa shape index (κ3) is 4.36. The molecule has 1 rings (SSSR count). The van der Waals surface area contributed by atoms with E-state index in [9.17, 15) is 0 Å². The fourth-order valence-electron chi connectivity index (χ4n) is 1.12. The third-order valence-corrected chi connectivity index (χ3v) is 3.28. The number of rotatable bonds is 5. The van der Waals surface area contributed by atoms with Crippen molar-refractivity contribution in [1.29, 1.82) is 0 Å². The lowest BCUT2D eigenvalue weighted by Crippen LogP contribution is -2.18. The van der Waals surface area contributed by atoms with E-state index in [4.69, 9.17) is 11.6 Å². The average Bonchev–Trinajstić information content (AvgIpc) is 2.48. The van der Waals surface area contributed by atoms with Crippen molar-refractivity contribution in [3.05, 3.63) is 21.3 Å². The van der Waals surface area contributed by atoms with Crippen molar-refractivity contribution >= 4 is 35.6 Å². The van der Waals surface area contributed by atoms with E-state index in [1.165, 1.54) is 4.88 Å². The Hall–Kier alpha value is 0.300. The summed E-state index contributed by atoms with van der Waals surface area (Å²) < 4.78 is 0.873. The lowest BCUT2D eigenvalue weighted by atomic mass is 10.4. The molecule has 13 heavy (non-hydrogen) atoms. The molecular formula is C9H14ClNS2. The number of halogens is 1. The molecule has 4 heteroatoms. The van der Waals surface area contributed by atoms with E-state index in [2.05, 4.69) is 30.6 Å². The van der Waals surface area contributed by atoms with Crippen LogP contribution >= 0.6 is 35.6 Å². The van der Waals surface area contributed by atoms with Gasteiger partial charge in [0, 0.05) is 11.4 Å². The first kappa shape index (κ1) is 11.4. The van der Waals surface area contributed by atoms with Gasteiger partial charge in [0.25, 0.3) is 0 Å². The Labute approximate surface area is 94.1 Å². The Bertz CT molecular complexity index is 250. The van der Waals surface area contributed by atoms with Gasteiger partial charge in [0.2, 0.25) is 0 Å². The molecule has 1 heterocycles. The van der Waals surface area contributed by atoms with Crippen LogP contribution in [0, 0.1) is 0 Å². The monoisotopic (exact) mass is 235 g/mol. The van der Waals surface area contributed by atoms with Crippen molar-refractivity contribution in [2.75, 3.05) is 19.3 Å². The van der Waals surface area contributed by atoms with Crippen molar-refractivity contribution in [2.24, 2.45) is 0 Å². The van der Waals surface area contributed by atoms with Gasteiger partial charge in [-0.2, -0.15) is 12.6 Å². The fraction of sp³-hybridized carbons (Fsp3) is 0.556. The van der Waals surface area contributed by atoms with Gasteiger partial charge in [-0.3, -0.25) is 0 Å². The summed E-state index contributed by atoms with van der Waals surface area (Å²) in [5, 5.41) is 0. The van der Waals surface area contributed by atoms with Crippen molar-refractivity contribution in [3.8, 4) is 0 Å². The molecule has 1 aromatic heterocycles. The summed E-state index contributed by atoms with van der Waals surface area (Å²) in [5.41, 5.74) is 0. The van der Waals surface area contributed by atoms with E-state index in [0.717, 1.165) is 29.6 Å². The molecule has 1 aromatic rings. The van der Waals surface area contributed by atoms with Gasteiger partial charge in [0.1, 0.15) is 0 Å². The maximum atomic E-state index is 5.84. The zero-order valence-corrected chi connectivity index (χ0v) is 10.1.